The Morgan fingerprint density at radius 1 is 1.33 bits per heavy atom. The van der Waals surface area contributed by atoms with Crippen molar-refractivity contribution in [2.24, 2.45) is 0 Å². The number of pyridine rings is 1. The second kappa shape index (κ2) is 5.40. The first-order valence-corrected chi connectivity index (χ1v) is 6.69. The van der Waals surface area contributed by atoms with Crippen LogP contribution in [0.4, 0.5) is 11.5 Å². The van der Waals surface area contributed by atoms with E-state index in [4.69, 9.17) is 4.74 Å². The predicted molar refractivity (Wildman–Crippen MR) is 78.6 cm³/mol. The third-order valence-electron chi connectivity index (χ3n) is 3.71. The molecule has 108 valence electrons. The summed E-state index contributed by atoms with van der Waals surface area (Å²) in [5, 5.41) is 10.7. The van der Waals surface area contributed by atoms with E-state index in [1.807, 2.05) is 12.1 Å². The van der Waals surface area contributed by atoms with E-state index in [0.29, 0.717) is 0 Å². The molecule has 21 heavy (non-hydrogen) atoms. The van der Waals surface area contributed by atoms with Crippen molar-refractivity contribution >= 4 is 11.5 Å². The van der Waals surface area contributed by atoms with Gasteiger partial charge in [0.25, 0.3) is 5.69 Å². The number of anilines is 1. The molecule has 0 unspecified atom stereocenters. The lowest BCUT2D eigenvalue weighted by Crippen LogP contribution is -2.31. The molecule has 0 saturated carbocycles. The summed E-state index contributed by atoms with van der Waals surface area (Å²) in [5.41, 5.74) is 2.46. The van der Waals surface area contributed by atoms with Gasteiger partial charge in [-0.15, -0.1) is 0 Å². The molecule has 0 N–H and O–H groups in total. The maximum absolute atomic E-state index is 10.7. The van der Waals surface area contributed by atoms with E-state index in [9.17, 15) is 10.1 Å². The topological polar surface area (TPSA) is 68.5 Å². The number of rotatable bonds is 3. The monoisotopic (exact) mass is 285 g/mol. The second-order valence-electron chi connectivity index (χ2n) is 4.90. The number of methoxy groups -OCH3 is 1. The van der Waals surface area contributed by atoms with Crippen LogP contribution in [0.2, 0.25) is 0 Å². The van der Waals surface area contributed by atoms with E-state index in [2.05, 4.69) is 16.0 Å². The smallest absolute Gasteiger partial charge is 0.287 e. The van der Waals surface area contributed by atoms with Gasteiger partial charge in [0.2, 0.25) is 0 Å². The molecular formula is C15H15N3O3. The van der Waals surface area contributed by atoms with Gasteiger partial charge >= 0.3 is 0 Å². The molecule has 0 saturated heterocycles. The first-order valence-electron chi connectivity index (χ1n) is 6.69. The van der Waals surface area contributed by atoms with Crippen LogP contribution in [0.3, 0.4) is 0 Å². The Morgan fingerprint density at radius 3 is 2.86 bits per heavy atom. The fourth-order valence-electron chi connectivity index (χ4n) is 2.63. The van der Waals surface area contributed by atoms with Crippen molar-refractivity contribution in [3.8, 4) is 5.75 Å². The predicted octanol–water partition coefficient (Wildman–Crippen LogP) is 2.56. The molecule has 0 spiro atoms. The second-order valence-corrected chi connectivity index (χ2v) is 4.90. The summed E-state index contributed by atoms with van der Waals surface area (Å²) < 4.78 is 5.39. The number of hydrogen-bond acceptors (Lipinski definition) is 5. The molecule has 1 aromatic carbocycles. The van der Waals surface area contributed by atoms with Gasteiger partial charge in [0.1, 0.15) is 17.8 Å². The molecule has 2 heterocycles. The zero-order valence-corrected chi connectivity index (χ0v) is 11.7. The van der Waals surface area contributed by atoms with Crippen LogP contribution < -0.4 is 9.64 Å². The first-order chi connectivity index (χ1) is 10.2. The van der Waals surface area contributed by atoms with E-state index < -0.39 is 4.92 Å². The molecule has 0 radical (unpaired) electrons. The number of benzene rings is 1. The number of fused-ring (bicyclic) bond motifs is 1. The van der Waals surface area contributed by atoms with Gasteiger partial charge in [-0.25, -0.2) is 4.98 Å². The Balaban J connectivity index is 1.84. The van der Waals surface area contributed by atoms with Crippen LogP contribution in [-0.4, -0.2) is 23.6 Å². The number of nitrogens with zero attached hydrogens (tertiary/aromatic N) is 3. The van der Waals surface area contributed by atoms with E-state index in [1.54, 1.807) is 13.2 Å². The molecular weight excluding hydrogens is 270 g/mol. The van der Waals surface area contributed by atoms with Crippen molar-refractivity contribution in [3.05, 3.63) is 57.8 Å². The van der Waals surface area contributed by atoms with Crippen molar-refractivity contribution in [1.82, 2.24) is 4.98 Å². The average molecular weight is 285 g/mol. The van der Waals surface area contributed by atoms with E-state index >= 15 is 0 Å². The third kappa shape index (κ3) is 2.52. The number of nitro groups is 1. The van der Waals surface area contributed by atoms with Crippen molar-refractivity contribution in [3.63, 3.8) is 0 Å². The summed E-state index contributed by atoms with van der Waals surface area (Å²) in [6, 6.07) is 9.21. The number of hydrogen-bond donors (Lipinski definition) is 0. The molecule has 0 aliphatic carbocycles. The van der Waals surface area contributed by atoms with Gasteiger partial charge < -0.3 is 9.64 Å². The number of ether oxygens (including phenoxy) is 1. The third-order valence-corrected chi connectivity index (χ3v) is 3.71. The van der Waals surface area contributed by atoms with Gasteiger partial charge in [0.05, 0.1) is 12.0 Å². The van der Waals surface area contributed by atoms with Crippen LogP contribution in [0.5, 0.6) is 5.75 Å². The lowest BCUT2D eigenvalue weighted by Gasteiger charge is -2.30. The Bertz CT molecular complexity index is 670. The zero-order valence-electron chi connectivity index (χ0n) is 11.7. The molecule has 0 bridgehead atoms. The minimum Gasteiger partial charge on any atom is -0.496 e. The Kier molecular flexibility index (Phi) is 3.43. The summed E-state index contributed by atoms with van der Waals surface area (Å²) in [6.07, 6.45) is 2.18. The van der Waals surface area contributed by atoms with Crippen molar-refractivity contribution < 1.29 is 9.66 Å². The maximum atomic E-state index is 10.7. The highest BCUT2D eigenvalue weighted by Crippen LogP contribution is 2.29. The van der Waals surface area contributed by atoms with Crippen LogP contribution in [-0.2, 0) is 13.0 Å². The van der Waals surface area contributed by atoms with Crippen LogP contribution in [0.1, 0.15) is 11.1 Å². The summed E-state index contributed by atoms with van der Waals surface area (Å²) in [5.74, 6) is 1.68. The van der Waals surface area contributed by atoms with Gasteiger partial charge in [0.15, 0.2) is 0 Å². The van der Waals surface area contributed by atoms with E-state index in [-0.39, 0.29) is 5.69 Å². The Morgan fingerprint density at radius 2 is 2.19 bits per heavy atom. The van der Waals surface area contributed by atoms with Crippen LogP contribution in [0.25, 0.3) is 0 Å². The van der Waals surface area contributed by atoms with E-state index in [0.717, 1.165) is 31.1 Å². The molecule has 3 rings (SSSR count). The van der Waals surface area contributed by atoms with Gasteiger partial charge in [0, 0.05) is 24.7 Å². The van der Waals surface area contributed by atoms with Crippen LogP contribution in [0, 0.1) is 10.1 Å². The number of aromatic nitrogens is 1. The molecule has 0 atom stereocenters. The molecule has 2 aromatic rings. The molecule has 6 heteroatoms. The molecule has 6 nitrogen and oxygen atoms in total. The van der Waals surface area contributed by atoms with Crippen molar-refractivity contribution in [2.75, 3.05) is 18.6 Å². The Hall–Kier alpha value is -2.63. The summed E-state index contributed by atoms with van der Waals surface area (Å²) in [6.45, 7) is 1.55. The molecule has 0 fully saturated rings. The SMILES string of the molecule is COc1cccc2c1CCN(c1ccc([N+](=O)[O-])cn1)C2. The standard InChI is InChI=1S/C15H15N3O3/c1-21-14-4-2-3-11-10-17(8-7-13(11)14)15-6-5-12(9-16-15)18(19)20/h2-6,9H,7-8,10H2,1H3. The van der Waals surface area contributed by atoms with Gasteiger partial charge in [-0.3, -0.25) is 10.1 Å². The first kappa shape index (κ1) is 13.4. The summed E-state index contributed by atoms with van der Waals surface area (Å²) >= 11 is 0. The molecule has 1 aromatic heterocycles. The van der Waals surface area contributed by atoms with Crippen molar-refractivity contribution in [1.29, 1.82) is 0 Å². The van der Waals surface area contributed by atoms with Gasteiger partial charge in [-0.05, 0) is 24.1 Å². The largest absolute Gasteiger partial charge is 0.496 e. The molecule has 1 aliphatic rings. The average Bonchev–Trinajstić information content (AvgIpc) is 2.53. The lowest BCUT2D eigenvalue weighted by molar-refractivity contribution is -0.385. The highest BCUT2D eigenvalue weighted by molar-refractivity contribution is 5.49. The maximum Gasteiger partial charge on any atom is 0.287 e. The zero-order chi connectivity index (χ0) is 14.8. The fourth-order valence-corrected chi connectivity index (χ4v) is 2.63. The summed E-state index contributed by atoms with van der Waals surface area (Å²) in [4.78, 5) is 16.5. The normalized spacial score (nSPS) is 13.7. The van der Waals surface area contributed by atoms with E-state index in [1.165, 1.54) is 23.4 Å². The fraction of sp³-hybridized carbons (Fsp3) is 0.267. The molecule has 1 aliphatic heterocycles. The minimum absolute atomic E-state index is 0.0119. The van der Waals surface area contributed by atoms with Crippen LogP contribution in [0.15, 0.2) is 36.5 Å². The van der Waals surface area contributed by atoms with Gasteiger partial charge in [-0.2, -0.15) is 0 Å². The quantitative estimate of drug-likeness (QED) is 0.640. The van der Waals surface area contributed by atoms with Crippen molar-refractivity contribution in [2.45, 2.75) is 13.0 Å². The highest BCUT2D eigenvalue weighted by atomic mass is 16.6. The molecule has 0 amide bonds. The highest BCUT2D eigenvalue weighted by Gasteiger charge is 2.20. The van der Waals surface area contributed by atoms with Crippen LogP contribution >= 0.6 is 0 Å². The van der Waals surface area contributed by atoms with Gasteiger partial charge in [-0.1, -0.05) is 12.1 Å². The Labute approximate surface area is 122 Å². The minimum atomic E-state index is -0.437. The lowest BCUT2D eigenvalue weighted by atomic mass is 9.98. The summed E-state index contributed by atoms with van der Waals surface area (Å²) in [7, 11) is 1.68.